The molecule has 1 aliphatic heterocycles. The van der Waals surface area contributed by atoms with E-state index in [-0.39, 0.29) is 11.8 Å². The van der Waals surface area contributed by atoms with Crippen LogP contribution in [0.4, 0.5) is 5.69 Å². The fourth-order valence-corrected chi connectivity index (χ4v) is 3.26. The van der Waals surface area contributed by atoms with Crippen LogP contribution in [0.25, 0.3) is 0 Å². The molecule has 1 amide bonds. The SMILES string of the molecule is CCCCCCC(C)C1C(=O)Nc2ccc(Br)cc21. The van der Waals surface area contributed by atoms with Crippen LogP contribution in [0.15, 0.2) is 22.7 Å². The van der Waals surface area contributed by atoms with E-state index < -0.39 is 0 Å². The highest BCUT2D eigenvalue weighted by atomic mass is 79.9. The van der Waals surface area contributed by atoms with Crippen LogP contribution in [0.1, 0.15) is 57.4 Å². The molecule has 1 aromatic carbocycles. The van der Waals surface area contributed by atoms with Gasteiger partial charge in [-0.2, -0.15) is 0 Å². The van der Waals surface area contributed by atoms with E-state index in [9.17, 15) is 4.79 Å². The third kappa shape index (κ3) is 3.38. The molecule has 0 saturated heterocycles. The minimum Gasteiger partial charge on any atom is -0.325 e. The number of halogens is 1. The minimum atomic E-state index is 0.0223. The molecule has 2 atom stereocenters. The van der Waals surface area contributed by atoms with Crippen molar-refractivity contribution in [2.75, 3.05) is 5.32 Å². The van der Waals surface area contributed by atoms with Crippen LogP contribution in [0, 0.1) is 5.92 Å². The second-order valence-electron chi connectivity index (χ2n) is 5.53. The summed E-state index contributed by atoms with van der Waals surface area (Å²) in [7, 11) is 0. The largest absolute Gasteiger partial charge is 0.325 e. The Hall–Kier alpha value is -0.830. The van der Waals surface area contributed by atoms with Crippen molar-refractivity contribution < 1.29 is 4.79 Å². The number of unbranched alkanes of at least 4 members (excludes halogenated alkanes) is 3. The van der Waals surface area contributed by atoms with Crippen LogP contribution in [0.3, 0.4) is 0 Å². The van der Waals surface area contributed by atoms with Gasteiger partial charge in [0.15, 0.2) is 0 Å². The van der Waals surface area contributed by atoms with E-state index in [1.165, 1.54) is 25.7 Å². The van der Waals surface area contributed by atoms with E-state index in [2.05, 4.69) is 41.2 Å². The maximum absolute atomic E-state index is 12.1. The zero-order chi connectivity index (χ0) is 13.8. The number of hydrogen-bond acceptors (Lipinski definition) is 1. The van der Waals surface area contributed by atoms with Gasteiger partial charge in [-0.3, -0.25) is 4.79 Å². The summed E-state index contributed by atoms with van der Waals surface area (Å²) in [6.07, 6.45) is 6.19. The van der Waals surface area contributed by atoms with Crippen molar-refractivity contribution in [3.63, 3.8) is 0 Å². The number of nitrogens with one attached hydrogen (secondary N) is 1. The second-order valence-corrected chi connectivity index (χ2v) is 6.44. The molecule has 0 aromatic heterocycles. The van der Waals surface area contributed by atoms with Gasteiger partial charge in [-0.25, -0.2) is 0 Å². The predicted octanol–water partition coefficient (Wildman–Crippen LogP) is 5.09. The number of anilines is 1. The Bertz CT molecular complexity index is 458. The van der Waals surface area contributed by atoms with Crippen molar-refractivity contribution in [1.29, 1.82) is 0 Å². The summed E-state index contributed by atoms with van der Waals surface area (Å²) < 4.78 is 1.05. The molecule has 3 heteroatoms. The molecule has 2 rings (SSSR count). The third-order valence-corrected chi connectivity index (χ3v) is 4.46. The van der Waals surface area contributed by atoms with E-state index in [0.717, 1.165) is 22.1 Å². The van der Waals surface area contributed by atoms with E-state index in [0.29, 0.717) is 5.92 Å². The first kappa shape index (κ1) is 14.6. The highest BCUT2D eigenvalue weighted by Gasteiger charge is 2.34. The van der Waals surface area contributed by atoms with Gasteiger partial charge in [0.1, 0.15) is 0 Å². The summed E-state index contributed by atoms with van der Waals surface area (Å²) in [5, 5.41) is 3.00. The first-order valence-electron chi connectivity index (χ1n) is 7.23. The van der Waals surface area contributed by atoms with Gasteiger partial charge < -0.3 is 5.32 Å². The second kappa shape index (κ2) is 6.56. The molecule has 104 valence electrons. The zero-order valence-corrected chi connectivity index (χ0v) is 13.3. The van der Waals surface area contributed by atoms with Crippen molar-refractivity contribution in [1.82, 2.24) is 0 Å². The maximum Gasteiger partial charge on any atom is 0.232 e. The number of carbonyl (C=O) groups excluding carboxylic acids is 1. The van der Waals surface area contributed by atoms with Gasteiger partial charge in [0.05, 0.1) is 5.92 Å². The number of hydrogen-bond donors (Lipinski definition) is 1. The Kier molecular flexibility index (Phi) is 5.03. The molecule has 0 spiro atoms. The molecule has 0 bridgehead atoms. The summed E-state index contributed by atoms with van der Waals surface area (Å²) in [5.41, 5.74) is 2.14. The first-order valence-corrected chi connectivity index (χ1v) is 8.03. The summed E-state index contributed by atoms with van der Waals surface area (Å²) in [6.45, 7) is 4.42. The van der Waals surface area contributed by atoms with Gasteiger partial charge in [0, 0.05) is 10.2 Å². The fourth-order valence-electron chi connectivity index (χ4n) is 2.88. The molecule has 2 unspecified atom stereocenters. The number of benzene rings is 1. The molecular formula is C16H22BrNO. The normalized spacial score (nSPS) is 19.1. The van der Waals surface area contributed by atoms with E-state index in [1.807, 2.05) is 12.1 Å². The van der Waals surface area contributed by atoms with Gasteiger partial charge in [0.2, 0.25) is 5.91 Å². The molecule has 0 saturated carbocycles. The summed E-state index contributed by atoms with van der Waals surface area (Å²) in [5.74, 6) is 0.595. The van der Waals surface area contributed by atoms with Crippen molar-refractivity contribution in [2.45, 2.75) is 51.9 Å². The van der Waals surface area contributed by atoms with Crippen molar-refractivity contribution >= 4 is 27.5 Å². The molecule has 0 aliphatic carbocycles. The Labute approximate surface area is 124 Å². The van der Waals surface area contributed by atoms with Crippen molar-refractivity contribution in [2.24, 2.45) is 5.92 Å². The molecule has 1 aliphatic rings. The predicted molar refractivity (Wildman–Crippen MR) is 83.4 cm³/mol. The standard InChI is InChI=1S/C16H22BrNO/c1-3-4-5-6-7-11(2)15-13-10-12(17)8-9-14(13)18-16(15)19/h8-11,15H,3-7H2,1-2H3,(H,18,19). The number of rotatable bonds is 6. The first-order chi connectivity index (χ1) is 9.13. The molecular weight excluding hydrogens is 302 g/mol. The lowest BCUT2D eigenvalue weighted by atomic mass is 9.85. The van der Waals surface area contributed by atoms with Crippen LogP contribution in [-0.4, -0.2) is 5.91 Å². The molecule has 1 N–H and O–H groups in total. The van der Waals surface area contributed by atoms with Gasteiger partial charge in [0.25, 0.3) is 0 Å². The lowest BCUT2D eigenvalue weighted by molar-refractivity contribution is -0.118. The van der Waals surface area contributed by atoms with E-state index in [1.54, 1.807) is 0 Å². The lowest BCUT2D eigenvalue weighted by Gasteiger charge is -2.18. The Balaban J connectivity index is 2.04. The van der Waals surface area contributed by atoms with Crippen LogP contribution in [-0.2, 0) is 4.79 Å². The van der Waals surface area contributed by atoms with Gasteiger partial charge in [-0.15, -0.1) is 0 Å². The summed E-state index contributed by atoms with van der Waals surface area (Å²) in [4.78, 5) is 12.1. The van der Waals surface area contributed by atoms with E-state index in [4.69, 9.17) is 0 Å². The molecule has 1 heterocycles. The van der Waals surface area contributed by atoms with E-state index >= 15 is 0 Å². The smallest absolute Gasteiger partial charge is 0.232 e. The molecule has 1 aromatic rings. The highest BCUT2D eigenvalue weighted by Crippen LogP contribution is 2.40. The monoisotopic (exact) mass is 323 g/mol. The Morgan fingerprint density at radius 2 is 2.11 bits per heavy atom. The van der Waals surface area contributed by atoms with Gasteiger partial charge in [-0.1, -0.05) is 55.5 Å². The molecule has 2 nitrogen and oxygen atoms in total. The van der Waals surface area contributed by atoms with Gasteiger partial charge >= 0.3 is 0 Å². The Morgan fingerprint density at radius 1 is 1.32 bits per heavy atom. The maximum atomic E-state index is 12.1. The zero-order valence-electron chi connectivity index (χ0n) is 11.7. The van der Waals surface area contributed by atoms with Crippen LogP contribution in [0.5, 0.6) is 0 Å². The molecule has 0 fully saturated rings. The van der Waals surface area contributed by atoms with Gasteiger partial charge in [-0.05, 0) is 36.1 Å². The third-order valence-electron chi connectivity index (χ3n) is 3.97. The number of carbonyl (C=O) groups is 1. The lowest BCUT2D eigenvalue weighted by Crippen LogP contribution is -2.19. The summed E-state index contributed by atoms with van der Waals surface area (Å²) in [6, 6.07) is 6.05. The average molecular weight is 324 g/mol. The van der Waals surface area contributed by atoms with Crippen LogP contribution in [0.2, 0.25) is 0 Å². The number of fused-ring (bicyclic) bond motifs is 1. The fraction of sp³-hybridized carbons (Fsp3) is 0.562. The quantitative estimate of drug-likeness (QED) is 0.726. The van der Waals surface area contributed by atoms with Crippen LogP contribution >= 0.6 is 15.9 Å². The highest BCUT2D eigenvalue weighted by molar-refractivity contribution is 9.10. The van der Waals surface area contributed by atoms with Crippen LogP contribution < -0.4 is 5.32 Å². The average Bonchev–Trinajstić information content (AvgIpc) is 2.70. The topological polar surface area (TPSA) is 29.1 Å². The Morgan fingerprint density at radius 3 is 2.84 bits per heavy atom. The molecule has 19 heavy (non-hydrogen) atoms. The van der Waals surface area contributed by atoms with Crippen molar-refractivity contribution in [3.05, 3.63) is 28.2 Å². The molecule has 0 radical (unpaired) electrons. The number of amides is 1. The minimum absolute atomic E-state index is 0.0223. The van der Waals surface area contributed by atoms with Crippen molar-refractivity contribution in [3.8, 4) is 0 Å². The summed E-state index contributed by atoms with van der Waals surface area (Å²) >= 11 is 3.50.